The molecule has 122 valence electrons. The Morgan fingerprint density at radius 3 is 2.71 bits per heavy atom. The van der Waals surface area contributed by atoms with Crippen molar-refractivity contribution in [3.05, 3.63) is 54.4 Å². The van der Waals surface area contributed by atoms with E-state index >= 15 is 0 Å². The Balaban J connectivity index is 1.99. The summed E-state index contributed by atoms with van der Waals surface area (Å²) in [6.45, 7) is 3.46. The topological polar surface area (TPSA) is 55.3 Å². The highest BCUT2D eigenvalue weighted by Crippen LogP contribution is 2.30. The number of aryl methyl sites for hydroxylation is 1. The average Bonchev–Trinajstić information content (AvgIpc) is 2.58. The number of benzene rings is 2. The molecular weight excluding hydrogens is 302 g/mol. The van der Waals surface area contributed by atoms with Gasteiger partial charge in [-0.1, -0.05) is 18.2 Å². The first kappa shape index (κ1) is 15.9. The molecule has 2 aromatic carbocycles. The maximum atomic E-state index is 11.1. The summed E-state index contributed by atoms with van der Waals surface area (Å²) in [4.78, 5) is 22.2. The average molecular weight is 321 g/mol. The van der Waals surface area contributed by atoms with Gasteiger partial charge in [-0.3, -0.25) is 4.79 Å². The molecule has 3 aromatic rings. The Labute approximate surface area is 140 Å². The second-order valence-electron chi connectivity index (χ2n) is 5.66. The first-order chi connectivity index (χ1) is 11.5. The molecule has 0 amide bonds. The zero-order valence-corrected chi connectivity index (χ0v) is 14.0. The summed E-state index contributed by atoms with van der Waals surface area (Å²) < 4.78 is 5.50. The van der Waals surface area contributed by atoms with Crippen LogP contribution in [0, 0.1) is 6.92 Å². The van der Waals surface area contributed by atoms with E-state index in [9.17, 15) is 4.79 Å². The molecule has 0 N–H and O–H groups in total. The van der Waals surface area contributed by atoms with Crippen LogP contribution in [0.4, 0.5) is 11.5 Å². The highest BCUT2D eigenvalue weighted by Gasteiger charge is 2.12. The van der Waals surface area contributed by atoms with E-state index in [1.807, 2.05) is 67.4 Å². The lowest BCUT2D eigenvalue weighted by atomic mass is 10.2. The highest BCUT2D eigenvalue weighted by molar-refractivity contribution is 5.91. The number of Topliss-reactive ketones (excluding diaryl/α,β-unsaturated/α-hetero) is 1. The number of ketones is 1. The maximum Gasteiger partial charge on any atom is 0.167 e. The molecule has 0 spiro atoms. The van der Waals surface area contributed by atoms with Gasteiger partial charge in [0.1, 0.15) is 24.0 Å². The normalized spacial score (nSPS) is 10.6. The Bertz CT molecular complexity index is 893. The van der Waals surface area contributed by atoms with Crippen molar-refractivity contribution in [3.63, 3.8) is 0 Å². The second-order valence-corrected chi connectivity index (χ2v) is 5.66. The minimum atomic E-state index is -0.00817. The van der Waals surface area contributed by atoms with Gasteiger partial charge in [-0.25, -0.2) is 9.97 Å². The smallest absolute Gasteiger partial charge is 0.167 e. The lowest BCUT2D eigenvalue weighted by molar-refractivity contribution is -0.118. The minimum Gasteiger partial charge on any atom is -0.486 e. The molecule has 0 saturated heterocycles. The lowest BCUT2D eigenvalue weighted by Crippen LogP contribution is -2.13. The number of para-hydroxylation sites is 1. The zero-order chi connectivity index (χ0) is 17.1. The monoisotopic (exact) mass is 321 g/mol. The third-order valence-electron chi connectivity index (χ3n) is 3.66. The third-order valence-corrected chi connectivity index (χ3v) is 3.66. The van der Waals surface area contributed by atoms with Gasteiger partial charge in [0.15, 0.2) is 5.78 Å². The van der Waals surface area contributed by atoms with Crippen LogP contribution in [-0.4, -0.2) is 29.4 Å². The standard InChI is InChI=1S/C19H19N3O2/c1-13(23)12-24-16-8-6-7-15(11-16)22(3)19-17-9-4-5-10-18(17)20-14(2)21-19/h4-11H,12H2,1-3H3. The molecule has 0 unspecified atom stereocenters. The van der Waals surface area contributed by atoms with Crippen molar-refractivity contribution in [2.24, 2.45) is 0 Å². The van der Waals surface area contributed by atoms with E-state index in [2.05, 4.69) is 9.97 Å². The van der Waals surface area contributed by atoms with Gasteiger partial charge in [-0.05, 0) is 38.1 Å². The van der Waals surface area contributed by atoms with Gasteiger partial charge in [0.05, 0.1) is 5.52 Å². The van der Waals surface area contributed by atoms with Gasteiger partial charge >= 0.3 is 0 Å². The Hall–Kier alpha value is -2.95. The predicted octanol–water partition coefficient (Wildman–Crippen LogP) is 3.67. The molecule has 0 bridgehead atoms. The lowest BCUT2D eigenvalue weighted by Gasteiger charge is -2.21. The van der Waals surface area contributed by atoms with Gasteiger partial charge in [0.25, 0.3) is 0 Å². The van der Waals surface area contributed by atoms with E-state index in [1.54, 1.807) is 0 Å². The van der Waals surface area contributed by atoms with Crippen molar-refractivity contribution in [1.82, 2.24) is 9.97 Å². The molecule has 3 rings (SSSR count). The minimum absolute atomic E-state index is 0.00817. The van der Waals surface area contributed by atoms with Crippen LogP contribution in [-0.2, 0) is 4.79 Å². The van der Waals surface area contributed by atoms with Crippen molar-refractivity contribution in [1.29, 1.82) is 0 Å². The fourth-order valence-electron chi connectivity index (χ4n) is 2.52. The van der Waals surface area contributed by atoms with Crippen LogP contribution in [0.15, 0.2) is 48.5 Å². The van der Waals surface area contributed by atoms with E-state index in [4.69, 9.17) is 4.74 Å². The van der Waals surface area contributed by atoms with Crippen LogP contribution in [0.1, 0.15) is 12.7 Å². The van der Waals surface area contributed by atoms with Gasteiger partial charge in [-0.15, -0.1) is 0 Å². The van der Waals surface area contributed by atoms with E-state index < -0.39 is 0 Å². The van der Waals surface area contributed by atoms with Crippen molar-refractivity contribution in [2.45, 2.75) is 13.8 Å². The summed E-state index contributed by atoms with van der Waals surface area (Å²) in [5.74, 6) is 2.21. The molecule has 5 nitrogen and oxygen atoms in total. The molecule has 0 saturated carbocycles. The number of nitrogens with zero attached hydrogens (tertiary/aromatic N) is 3. The van der Waals surface area contributed by atoms with Crippen molar-refractivity contribution < 1.29 is 9.53 Å². The van der Waals surface area contributed by atoms with Crippen molar-refractivity contribution in [2.75, 3.05) is 18.6 Å². The molecule has 1 aromatic heterocycles. The number of hydrogen-bond donors (Lipinski definition) is 0. The SMILES string of the molecule is CC(=O)COc1cccc(N(C)c2nc(C)nc3ccccc23)c1. The third kappa shape index (κ3) is 3.35. The molecule has 1 heterocycles. The van der Waals surface area contributed by atoms with Gasteiger partial charge in [0, 0.05) is 24.2 Å². The van der Waals surface area contributed by atoms with Crippen LogP contribution >= 0.6 is 0 Å². The second kappa shape index (κ2) is 6.66. The Kier molecular flexibility index (Phi) is 4.42. The van der Waals surface area contributed by atoms with Gasteiger partial charge < -0.3 is 9.64 Å². The van der Waals surface area contributed by atoms with Crippen LogP contribution in [0.3, 0.4) is 0 Å². The molecule has 0 radical (unpaired) electrons. The predicted molar refractivity (Wildman–Crippen MR) is 95.0 cm³/mol. The van der Waals surface area contributed by atoms with E-state index in [1.165, 1.54) is 6.92 Å². The van der Waals surface area contributed by atoms with Crippen LogP contribution < -0.4 is 9.64 Å². The number of anilines is 2. The molecule has 0 fully saturated rings. The summed E-state index contributed by atoms with van der Waals surface area (Å²) >= 11 is 0. The zero-order valence-electron chi connectivity index (χ0n) is 14.0. The molecule has 24 heavy (non-hydrogen) atoms. The summed E-state index contributed by atoms with van der Waals surface area (Å²) in [7, 11) is 1.96. The summed E-state index contributed by atoms with van der Waals surface area (Å²) in [5, 5.41) is 0.987. The fraction of sp³-hybridized carbons (Fsp3) is 0.211. The summed E-state index contributed by atoms with van der Waals surface area (Å²) in [5.41, 5.74) is 1.84. The van der Waals surface area contributed by atoms with Crippen LogP contribution in [0.25, 0.3) is 10.9 Å². The molecule has 0 aliphatic heterocycles. The number of fused-ring (bicyclic) bond motifs is 1. The largest absolute Gasteiger partial charge is 0.486 e. The fourth-order valence-corrected chi connectivity index (χ4v) is 2.52. The van der Waals surface area contributed by atoms with Gasteiger partial charge in [0.2, 0.25) is 0 Å². The quantitative estimate of drug-likeness (QED) is 0.717. The Morgan fingerprint density at radius 2 is 1.92 bits per heavy atom. The number of carbonyl (C=O) groups is 1. The summed E-state index contributed by atoms with van der Waals surface area (Å²) in [6, 6.07) is 15.5. The first-order valence-electron chi connectivity index (χ1n) is 7.74. The number of rotatable bonds is 5. The summed E-state index contributed by atoms with van der Waals surface area (Å²) in [6.07, 6.45) is 0. The van der Waals surface area contributed by atoms with Crippen molar-refractivity contribution >= 4 is 28.2 Å². The highest BCUT2D eigenvalue weighted by atomic mass is 16.5. The van der Waals surface area contributed by atoms with E-state index in [-0.39, 0.29) is 12.4 Å². The number of ether oxygens (including phenoxy) is 1. The van der Waals surface area contributed by atoms with Crippen LogP contribution in [0.5, 0.6) is 5.75 Å². The molecule has 0 atom stereocenters. The molecular formula is C19H19N3O2. The van der Waals surface area contributed by atoms with E-state index in [0.717, 1.165) is 28.2 Å². The van der Waals surface area contributed by atoms with Gasteiger partial charge in [-0.2, -0.15) is 0 Å². The van der Waals surface area contributed by atoms with Crippen LogP contribution in [0.2, 0.25) is 0 Å². The number of carbonyl (C=O) groups excluding carboxylic acids is 1. The molecule has 0 aliphatic carbocycles. The first-order valence-corrected chi connectivity index (χ1v) is 7.74. The van der Waals surface area contributed by atoms with E-state index in [0.29, 0.717) is 5.75 Å². The van der Waals surface area contributed by atoms with Crippen molar-refractivity contribution in [3.8, 4) is 5.75 Å². The molecule has 5 heteroatoms. The number of hydrogen-bond acceptors (Lipinski definition) is 5. The maximum absolute atomic E-state index is 11.1. The Morgan fingerprint density at radius 1 is 1.12 bits per heavy atom. The molecule has 0 aliphatic rings. The number of aromatic nitrogens is 2.